The average molecular weight is 424 g/mol. The van der Waals surface area contributed by atoms with Crippen LogP contribution >= 0.6 is 11.6 Å². The first-order valence-corrected chi connectivity index (χ1v) is 9.79. The zero-order valence-corrected chi connectivity index (χ0v) is 16.9. The highest BCUT2D eigenvalue weighted by atomic mass is 35.5. The topological polar surface area (TPSA) is 96.6 Å². The fraction of sp³-hybridized carbons (Fsp3) is 0.182. The van der Waals surface area contributed by atoms with Crippen LogP contribution in [-0.4, -0.2) is 39.0 Å². The lowest BCUT2D eigenvalue weighted by atomic mass is 9.92. The molecule has 0 unspecified atom stereocenters. The zero-order valence-electron chi connectivity index (χ0n) is 16.1. The zero-order chi connectivity index (χ0) is 21.4. The Kier molecular flexibility index (Phi) is 5.24. The molecule has 0 saturated carbocycles. The van der Waals surface area contributed by atoms with E-state index in [-0.39, 0.29) is 16.3 Å². The van der Waals surface area contributed by atoms with E-state index in [4.69, 9.17) is 16.6 Å². The number of carbonyl (C=O) groups is 1. The second-order valence-electron chi connectivity index (χ2n) is 7.08. The van der Waals surface area contributed by atoms with Crippen LogP contribution in [0.25, 0.3) is 22.6 Å². The lowest BCUT2D eigenvalue weighted by Crippen LogP contribution is -2.31. The molecule has 0 spiro atoms. The minimum atomic E-state index is -0.996. The van der Waals surface area contributed by atoms with Crippen molar-refractivity contribution in [3.8, 4) is 0 Å². The molecule has 30 heavy (non-hydrogen) atoms. The van der Waals surface area contributed by atoms with Gasteiger partial charge in [0, 0.05) is 30.1 Å². The van der Waals surface area contributed by atoms with Crippen molar-refractivity contribution in [1.29, 1.82) is 0 Å². The molecule has 0 atom stereocenters. The molecule has 1 N–H and O–H groups in total. The molecule has 0 fully saturated rings. The number of aromatic nitrogens is 1. The van der Waals surface area contributed by atoms with E-state index in [9.17, 15) is 20.0 Å². The van der Waals surface area contributed by atoms with Gasteiger partial charge < -0.3 is 5.11 Å². The highest BCUT2D eigenvalue weighted by Crippen LogP contribution is 2.35. The first-order valence-electron chi connectivity index (χ1n) is 9.41. The number of halogens is 1. The first kappa shape index (κ1) is 20.0. The van der Waals surface area contributed by atoms with Crippen LogP contribution in [0.2, 0.25) is 5.02 Å². The highest BCUT2D eigenvalue weighted by molar-refractivity contribution is 6.32. The summed E-state index contributed by atoms with van der Waals surface area (Å²) >= 11 is 5.93. The van der Waals surface area contributed by atoms with Gasteiger partial charge in [-0.25, -0.2) is 9.78 Å². The summed E-state index contributed by atoms with van der Waals surface area (Å²) in [4.78, 5) is 29.7. The van der Waals surface area contributed by atoms with Gasteiger partial charge in [-0.2, -0.15) is 0 Å². The molecule has 0 aliphatic carbocycles. The molecule has 7 nitrogen and oxygen atoms in total. The van der Waals surface area contributed by atoms with Gasteiger partial charge in [0.05, 0.1) is 21.7 Å². The van der Waals surface area contributed by atoms with E-state index in [1.165, 1.54) is 12.1 Å². The molecule has 0 saturated heterocycles. The van der Waals surface area contributed by atoms with Crippen LogP contribution in [0.3, 0.4) is 0 Å². The Bertz CT molecular complexity index is 1220. The molecule has 8 heteroatoms. The van der Waals surface area contributed by atoms with E-state index < -0.39 is 10.9 Å². The Morgan fingerprint density at radius 3 is 2.77 bits per heavy atom. The van der Waals surface area contributed by atoms with Crippen molar-refractivity contribution in [3.05, 3.63) is 80.0 Å². The minimum absolute atomic E-state index is 0.0682. The van der Waals surface area contributed by atoms with Gasteiger partial charge >= 0.3 is 5.97 Å². The fourth-order valence-electron chi connectivity index (χ4n) is 3.81. The maximum absolute atomic E-state index is 12.1. The van der Waals surface area contributed by atoms with Crippen molar-refractivity contribution < 1.29 is 14.8 Å². The molecule has 1 aliphatic rings. The third-order valence-corrected chi connectivity index (χ3v) is 5.56. The number of aromatic carboxylic acids is 1. The SMILES string of the molecule is CCN1C/C(=C/c2ccc(Cl)c([N+](=O)[O-])c2)c2nc3ccccc3c(C(=O)O)c2C1. The number of nitro groups is 1. The largest absolute Gasteiger partial charge is 0.478 e. The van der Waals surface area contributed by atoms with Gasteiger partial charge in [0.15, 0.2) is 0 Å². The normalized spacial score (nSPS) is 15.3. The number of para-hydroxylation sites is 1. The van der Waals surface area contributed by atoms with Crippen molar-refractivity contribution >= 4 is 45.8 Å². The molecular formula is C22H18ClN3O4. The summed E-state index contributed by atoms with van der Waals surface area (Å²) in [5.74, 6) is -0.996. The number of fused-ring (bicyclic) bond motifs is 2. The summed E-state index contributed by atoms with van der Waals surface area (Å²) < 4.78 is 0. The second-order valence-corrected chi connectivity index (χ2v) is 7.48. The number of nitro benzene ring substituents is 1. The lowest BCUT2D eigenvalue weighted by molar-refractivity contribution is -0.384. The van der Waals surface area contributed by atoms with Gasteiger partial charge in [-0.05, 0) is 35.9 Å². The van der Waals surface area contributed by atoms with Crippen LogP contribution in [0.4, 0.5) is 5.69 Å². The van der Waals surface area contributed by atoms with Crippen molar-refractivity contribution in [3.63, 3.8) is 0 Å². The third-order valence-electron chi connectivity index (χ3n) is 5.24. The number of hydrogen-bond donors (Lipinski definition) is 1. The van der Waals surface area contributed by atoms with E-state index in [0.29, 0.717) is 40.8 Å². The van der Waals surface area contributed by atoms with Crippen LogP contribution in [0.5, 0.6) is 0 Å². The van der Waals surface area contributed by atoms with Gasteiger partial charge in [0.2, 0.25) is 0 Å². The highest BCUT2D eigenvalue weighted by Gasteiger charge is 2.28. The number of hydrogen-bond acceptors (Lipinski definition) is 5. The first-order chi connectivity index (χ1) is 14.4. The number of carboxylic acid groups (broad SMARTS) is 1. The summed E-state index contributed by atoms with van der Waals surface area (Å²) in [6, 6.07) is 11.8. The molecule has 4 rings (SSSR count). The summed E-state index contributed by atoms with van der Waals surface area (Å²) in [6.07, 6.45) is 1.82. The Morgan fingerprint density at radius 1 is 1.30 bits per heavy atom. The molecule has 0 bridgehead atoms. The lowest BCUT2D eigenvalue weighted by Gasteiger charge is -2.30. The predicted molar refractivity (Wildman–Crippen MR) is 116 cm³/mol. The number of nitrogens with zero attached hydrogens (tertiary/aromatic N) is 3. The van der Waals surface area contributed by atoms with Crippen LogP contribution < -0.4 is 0 Å². The smallest absolute Gasteiger partial charge is 0.336 e. The van der Waals surface area contributed by atoms with Crippen molar-refractivity contribution in [1.82, 2.24) is 9.88 Å². The van der Waals surface area contributed by atoms with E-state index in [2.05, 4.69) is 4.90 Å². The molecule has 3 aromatic rings. The van der Waals surface area contributed by atoms with Gasteiger partial charge in [0.25, 0.3) is 5.69 Å². The van der Waals surface area contributed by atoms with Crippen molar-refractivity contribution in [2.24, 2.45) is 0 Å². The van der Waals surface area contributed by atoms with E-state index in [1.807, 2.05) is 19.1 Å². The maximum atomic E-state index is 12.1. The van der Waals surface area contributed by atoms with E-state index in [1.54, 1.807) is 24.3 Å². The van der Waals surface area contributed by atoms with Crippen LogP contribution in [0, 0.1) is 10.1 Å². The molecule has 2 aromatic carbocycles. The number of benzene rings is 2. The summed E-state index contributed by atoms with van der Waals surface area (Å²) in [5.41, 5.74) is 3.37. The van der Waals surface area contributed by atoms with Crippen LogP contribution in [0.1, 0.15) is 34.1 Å². The molecule has 1 aromatic heterocycles. The van der Waals surface area contributed by atoms with Gasteiger partial charge in [0.1, 0.15) is 5.02 Å². The standard InChI is InChI=1S/C22H18ClN3O4/c1-2-25-11-14(9-13-7-8-17(23)19(10-13)26(29)30)21-16(12-25)20(22(27)28)15-5-3-4-6-18(15)24-21/h3-10H,2,11-12H2,1H3,(H,27,28)/b14-9-. The quantitative estimate of drug-likeness (QED) is 0.475. The fourth-order valence-corrected chi connectivity index (χ4v) is 4.00. The maximum Gasteiger partial charge on any atom is 0.336 e. The summed E-state index contributed by atoms with van der Waals surface area (Å²) in [6.45, 7) is 3.77. The predicted octanol–water partition coefficient (Wildman–Crippen LogP) is 4.87. The Labute approximate surface area is 177 Å². The van der Waals surface area contributed by atoms with E-state index >= 15 is 0 Å². The molecule has 152 valence electrons. The second kappa shape index (κ2) is 7.85. The molecule has 2 heterocycles. The Morgan fingerprint density at radius 2 is 2.07 bits per heavy atom. The number of carboxylic acids is 1. The van der Waals surface area contributed by atoms with Gasteiger partial charge in [-0.3, -0.25) is 15.0 Å². The molecule has 0 amide bonds. The Balaban J connectivity index is 1.96. The van der Waals surface area contributed by atoms with Crippen molar-refractivity contribution in [2.45, 2.75) is 13.5 Å². The van der Waals surface area contributed by atoms with Crippen LogP contribution in [0.15, 0.2) is 42.5 Å². The van der Waals surface area contributed by atoms with Crippen molar-refractivity contribution in [2.75, 3.05) is 13.1 Å². The summed E-state index contributed by atoms with van der Waals surface area (Å²) in [7, 11) is 0. The van der Waals surface area contributed by atoms with Gasteiger partial charge in [-0.15, -0.1) is 0 Å². The summed E-state index contributed by atoms with van der Waals surface area (Å²) in [5, 5.41) is 21.9. The van der Waals surface area contributed by atoms with Crippen LogP contribution in [-0.2, 0) is 6.54 Å². The third kappa shape index (κ3) is 3.53. The molecule has 1 aliphatic heterocycles. The van der Waals surface area contributed by atoms with Gasteiger partial charge in [-0.1, -0.05) is 42.8 Å². The average Bonchev–Trinajstić information content (AvgIpc) is 2.72. The molecular weight excluding hydrogens is 406 g/mol. The number of rotatable bonds is 4. The monoisotopic (exact) mass is 423 g/mol. The molecule has 0 radical (unpaired) electrons. The number of likely N-dealkylation sites (N-methyl/N-ethyl adjacent to an activating group) is 1. The number of pyridine rings is 1. The Hall–Kier alpha value is -3.29. The minimum Gasteiger partial charge on any atom is -0.478 e. The van der Waals surface area contributed by atoms with E-state index in [0.717, 1.165) is 12.1 Å².